The minimum absolute atomic E-state index is 0.575. The molecular formula is C14H10Cl3N. The molecule has 2 rings (SSSR count). The predicted octanol–water partition coefficient (Wildman–Crippen LogP) is 5.71. The number of aryl methyl sites for hydroxylation is 1. The molecule has 2 aromatic carbocycles. The zero-order valence-electron chi connectivity index (χ0n) is 9.62. The number of hydrogen-bond acceptors (Lipinski definition) is 1. The molecule has 0 saturated heterocycles. The van der Waals surface area contributed by atoms with E-state index in [4.69, 9.17) is 34.8 Å². The number of rotatable bonds is 2. The van der Waals surface area contributed by atoms with Gasteiger partial charge in [0.2, 0.25) is 0 Å². The van der Waals surface area contributed by atoms with Crippen LogP contribution in [0.5, 0.6) is 0 Å². The summed E-state index contributed by atoms with van der Waals surface area (Å²) in [6.07, 6.45) is 1.71. The van der Waals surface area contributed by atoms with Gasteiger partial charge in [-0.25, -0.2) is 0 Å². The molecule has 1 nitrogen and oxygen atoms in total. The van der Waals surface area contributed by atoms with Gasteiger partial charge in [0.15, 0.2) is 0 Å². The lowest BCUT2D eigenvalue weighted by molar-refractivity contribution is 1.40. The van der Waals surface area contributed by atoms with Gasteiger partial charge < -0.3 is 0 Å². The van der Waals surface area contributed by atoms with Crippen molar-refractivity contribution >= 4 is 46.7 Å². The second kappa shape index (κ2) is 5.75. The van der Waals surface area contributed by atoms with Crippen LogP contribution in [0.25, 0.3) is 0 Å². The van der Waals surface area contributed by atoms with E-state index in [2.05, 4.69) is 4.99 Å². The lowest BCUT2D eigenvalue weighted by Gasteiger charge is -2.01. The summed E-state index contributed by atoms with van der Waals surface area (Å²) in [7, 11) is 0. The minimum Gasteiger partial charge on any atom is -0.256 e. The van der Waals surface area contributed by atoms with Crippen molar-refractivity contribution in [3.63, 3.8) is 0 Å². The van der Waals surface area contributed by atoms with E-state index in [0.717, 1.165) is 16.8 Å². The zero-order chi connectivity index (χ0) is 13.1. The van der Waals surface area contributed by atoms with Crippen molar-refractivity contribution in [3.05, 3.63) is 62.6 Å². The molecule has 0 spiro atoms. The Labute approximate surface area is 121 Å². The number of aliphatic imine (C=N–C) groups is 1. The van der Waals surface area contributed by atoms with Gasteiger partial charge >= 0.3 is 0 Å². The van der Waals surface area contributed by atoms with Crippen LogP contribution in [0.1, 0.15) is 11.1 Å². The van der Waals surface area contributed by atoms with Gasteiger partial charge in [-0.1, -0.05) is 46.9 Å². The van der Waals surface area contributed by atoms with Crippen LogP contribution in [0.2, 0.25) is 15.1 Å². The van der Waals surface area contributed by atoms with Gasteiger partial charge in [0.1, 0.15) is 0 Å². The quantitative estimate of drug-likeness (QED) is 0.630. The molecule has 0 aliphatic heterocycles. The molecule has 92 valence electrons. The normalized spacial score (nSPS) is 11.1. The Hall–Kier alpha value is -1.02. The summed E-state index contributed by atoms with van der Waals surface area (Å²) in [5.41, 5.74) is 2.70. The summed E-state index contributed by atoms with van der Waals surface area (Å²) in [6.45, 7) is 1.98. The summed E-state index contributed by atoms with van der Waals surface area (Å²) < 4.78 is 0. The molecule has 4 heteroatoms. The average Bonchev–Trinajstić information content (AvgIpc) is 2.32. The highest BCUT2D eigenvalue weighted by Crippen LogP contribution is 2.24. The molecule has 0 aliphatic carbocycles. The molecule has 0 radical (unpaired) electrons. The molecule has 0 amide bonds. The summed E-state index contributed by atoms with van der Waals surface area (Å²) in [4.78, 5) is 4.39. The smallest absolute Gasteiger partial charge is 0.0673 e. The van der Waals surface area contributed by atoms with Crippen LogP contribution in [0.4, 0.5) is 5.69 Å². The number of hydrogen-bond donors (Lipinski definition) is 0. The van der Waals surface area contributed by atoms with Crippen molar-refractivity contribution in [2.75, 3.05) is 0 Å². The minimum atomic E-state index is 0.575. The van der Waals surface area contributed by atoms with Crippen molar-refractivity contribution < 1.29 is 0 Å². The highest BCUT2D eigenvalue weighted by atomic mass is 35.5. The van der Waals surface area contributed by atoms with E-state index in [1.807, 2.05) is 31.2 Å². The van der Waals surface area contributed by atoms with Gasteiger partial charge in [-0.3, -0.25) is 4.99 Å². The number of benzene rings is 2. The number of nitrogens with zero attached hydrogens (tertiary/aromatic N) is 1. The first-order valence-electron chi connectivity index (χ1n) is 5.31. The Kier molecular flexibility index (Phi) is 4.28. The molecular weight excluding hydrogens is 289 g/mol. The van der Waals surface area contributed by atoms with Gasteiger partial charge in [-0.2, -0.15) is 0 Å². The summed E-state index contributed by atoms with van der Waals surface area (Å²) >= 11 is 17.8. The van der Waals surface area contributed by atoms with Crippen LogP contribution in [0, 0.1) is 6.92 Å². The second-order valence-electron chi connectivity index (χ2n) is 3.85. The third-order valence-corrected chi connectivity index (χ3v) is 3.27. The highest BCUT2D eigenvalue weighted by molar-refractivity contribution is 6.36. The van der Waals surface area contributed by atoms with Crippen molar-refractivity contribution in [1.82, 2.24) is 0 Å². The molecule has 0 aromatic heterocycles. The molecule has 0 aliphatic rings. The fourth-order valence-corrected chi connectivity index (χ4v) is 2.09. The fraction of sp³-hybridized carbons (Fsp3) is 0.0714. The lowest BCUT2D eigenvalue weighted by atomic mass is 10.2. The summed E-state index contributed by atoms with van der Waals surface area (Å²) in [6, 6.07) is 10.9. The van der Waals surface area contributed by atoms with Gasteiger partial charge in [0.05, 0.1) is 10.7 Å². The monoisotopic (exact) mass is 297 g/mol. The topological polar surface area (TPSA) is 12.4 Å². The van der Waals surface area contributed by atoms with E-state index in [1.54, 1.807) is 18.3 Å². The molecule has 2 aromatic rings. The largest absolute Gasteiger partial charge is 0.256 e. The maximum Gasteiger partial charge on any atom is 0.0673 e. The highest BCUT2D eigenvalue weighted by Gasteiger charge is 2.00. The fourth-order valence-electron chi connectivity index (χ4n) is 1.47. The second-order valence-corrected chi connectivity index (χ2v) is 5.13. The Morgan fingerprint density at radius 3 is 2.33 bits per heavy atom. The molecule has 0 atom stereocenters. The van der Waals surface area contributed by atoms with Crippen LogP contribution >= 0.6 is 34.8 Å². The van der Waals surface area contributed by atoms with E-state index in [1.165, 1.54) is 0 Å². The molecule has 18 heavy (non-hydrogen) atoms. The van der Waals surface area contributed by atoms with Gasteiger partial charge in [-0.15, -0.1) is 0 Å². The third-order valence-electron chi connectivity index (χ3n) is 2.48. The third kappa shape index (κ3) is 3.26. The maximum atomic E-state index is 6.07. The van der Waals surface area contributed by atoms with Crippen LogP contribution in [-0.2, 0) is 0 Å². The van der Waals surface area contributed by atoms with Gasteiger partial charge in [0.25, 0.3) is 0 Å². The lowest BCUT2D eigenvalue weighted by Crippen LogP contribution is -1.83. The summed E-state index contributed by atoms with van der Waals surface area (Å²) in [5.74, 6) is 0. The molecule has 0 heterocycles. The van der Waals surface area contributed by atoms with E-state index in [-0.39, 0.29) is 0 Å². The first-order chi connectivity index (χ1) is 8.56. The molecule has 0 bridgehead atoms. The predicted molar refractivity (Wildman–Crippen MR) is 79.9 cm³/mol. The Balaban J connectivity index is 2.32. The van der Waals surface area contributed by atoms with E-state index in [9.17, 15) is 0 Å². The maximum absolute atomic E-state index is 6.07. The van der Waals surface area contributed by atoms with Crippen molar-refractivity contribution in [2.45, 2.75) is 6.92 Å². The van der Waals surface area contributed by atoms with Crippen LogP contribution in [0.15, 0.2) is 41.4 Å². The zero-order valence-corrected chi connectivity index (χ0v) is 11.9. The summed E-state index contributed by atoms with van der Waals surface area (Å²) in [5, 5.41) is 1.84. The molecule has 0 saturated carbocycles. The first-order valence-corrected chi connectivity index (χ1v) is 6.45. The van der Waals surface area contributed by atoms with Gasteiger partial charge in [0, 0.05) is 21.8 Å². The van der Waals surface area contributed by atoms with E-state index in [0.29, 0.717) is 15.1 Å². The van der Waals surface area contributed by atoms with Crippen molar-refractivity contribution in [2.24, 2.45) is 4.99 Å². The molecule has 0 N–H and O–H groups in total. The van der Waals surface area contributed by atoms with Crippen LogP contribution in [-0.4, -0.2) is 6.21 Å². The SMILES string of the molecule is Cc1ccc(Cl)cc1N=Cc1ccc(Cl)cc1Cl. The average molecular weight is 299 g/mol. The van der Waals surface area contributed by atoms with Crippen molar-refractivity contribution in [1.29, 1.82) is 0 Å². The van der Waals surface area contributed by atoms with Crippen molar-refractivity contribution in [3.8, 4) is 0 Å². The number of halogens is 3. The Bertz CT molecular complexity index is 606. The van der Waals surface area contributed by atoms with Crippen LogP contribution < -0.4 is 0 Å². The standard InChI is InChI=1S/C14H10Cl3N/c1-9-2-4-12(16)7-14(9)18-8-10-3-5-11(15)6-13(10)17/h2-8H,1H3. The molecule has 0 unspecified atom stereocenters. The van der Waals surface area contributed by atoms with E-state index < -0.39 is 0 Å². The van der Waals surface area contributed by atoms with Crippen LogP contribution in [0.3, 0.4) is 0 Å². The molecule has 0 fully saturated rings. The Morgan fingerprint density at radius 2 is 1.61 bits per heavy atom. The first kappa shape index (κ1) is 13.4. The van der Waals surface area contributed by atoms with E-state index >= 15 is 0 Å². The van der Waals surface area contributed by atoms with Gasteiger partial charge in [-0.05, 0) is 36.8 Å². The Morgan fingerprint density at radius 1 is 0.944 bits per heavy atom.